The molecule has 7 aromatic carbocycles. The molecular weight excluding hydrogens is 1040 g/mol. The minimum absolute atomic E-state index is 0.192. The minimum atomic E-state index is -0.340. The third-order valence-corrected chi connectivity index (χ3v) is 13.3. The number of nitrogens with one attached hydrogen (secondary N) is 6. The summed E-state index contributed by atoms with van der Waals surface area (Å²) in [5.41, 5.74) is 8.83. The molecule has 0 bridgehead atoms. The Balaban J connectivity index is 0.000000138. The van der Waals surface area contributed by atoms with Gasteiger partial charge in [-0.2, -0.15) is 0 Å². The van der Waals surface area contributed by atoms with Crippen LogP contribution in [0.15, 0.2) is 217 Å². The molecule has 12 rings (SSSR count). The van der Waals surface area contributed by atoms with Gasteiger partial charge in [0.05, 0.1) is 46.6 Å². The van der Waals surface area contributed by atoms with Gasteiger partial charge in [-0.25, -0.2) is 0 Å². The second-order valence-electron chi connectivity index (χ2n) is 19.5. The zero-order chi connectivity index (χ0) is 57.1. The van der Waals surface area contributed by atoms with Crippen LogP contribution in [0.2, 0.25) is 0 Å². The molecule has 0 spiro atoms. The fourth-order valence-corrected chi connectivity index (χ4v) is 9.00. The average Bonchev–Trinajstić information content (AvgIpc) is 4.30. The largest absolute Gasteiger partial charge is 0.485 e. The molecule has 8 aromatic rings. The zero-order valence-electron chi connectivity index (χ0n) is 44.5. The number of fused-ring (bicyclic) bond motifs is 3. The number of ketones is 3. The molecule has 1 aliphatic carbocycles. The Labute approximate surface area is 472 Å². The van der Waals surface area contributed by atoms with Crippen molar-refractivity contribution < 1.29 is 47.4 Å². The number of anilines is 3. The maximum Gasteiger partial charge on any atom is 0.252 e. The first kappa shape index (κ1) is 54.6. The lowest BCUT2D eigenvalue weighted by atomic mass is 9.97. The molecule has 3 aliphatic heterocycles. The summed E-state index contributed by atoms with van der Waals surface area (Å²) in [6.07, 6.45) is 3.55. The summed E-state index contributed by atoms with van der Waals surface area (Å²) in [5, 5.41) is 18.0. The lowest BCUT2D eigenvalue weighted by Gasteiger charge is -2.21. The van der Waals surface area contributed by atoms with E-state index in [2.05, 4.69) is 51.6 Å². The van der Waals surface area contributed by atoms with Gasteiger partial charge in [0.1, 0.15) is 42.8 Å². The van der Waals surface area contributed by atoms with Crippen LogP contribution >= 0.6 is 0 Å². The van der Waals surface area contributed by atoms with Gasteiger partial charge in [0.2, 0.25) is 0 Å². The van der Waals surface area contributed by atoms with Crippen LogP contribution in [0.4, 0.5) is 17.1 Å². The van der Waals surface area contributed by atoms with E-state index in [0.29, 0.717) is 117 Å². The molecule has 410 valence electrons. The number of furan rings is 1. The number of carbonyl (C=O) groups is 6. The van der Waals surface area contributed by atoms with E-state index in [0.717, 1.165) is 35.5 Å². The summed E-state index contributed by atoms with van der Waals surface area (Å²) >= 11 is 0. The highest BCUT2D eigenvalue weighted by Crippen LogP contribution is 2.34. The van der Waals surface area contributed by atoms with Crippen LogP contribution in [0.25, 0.3) is 0 Å². The minimum Gasteiger partial charge on any atom is -0.485 e. The normalized spacial score (nSPS) is 13.4. The molecule has 0 atom stereocenters. The molecule has 4 aliphatic rings. The fourth-order valence-electron chi connectivity index (χ4n) is 9.00. The summed E-state index contributed by atoms with van der Waals surface area (Å²) in [4.78, 5) is 77.0. The molecule has 1 fully saturated rings. The number of benzene rings is 7. The topological polar surface area (TPSA) is 215 Å². The van der Waals surface area contributed by atoms with Crippen molar-refractivity contribution in [2.24, 2.45) is 0 Å². The highest BCUT2D eigenvalue weighted by atomic mass is 16.5. The van der Waals surface area contributed by atoms with Gasteiger partial charge >= 0.3 is 0 Å². The standard InChI is InChI=1S/C24H20N2O3.C22H18N2O4.C20H18N2O3/c1-16-15-29-22-12-11-18(13-21(22)26-16)23(27)19-9-5-6-10-20(19)24(28)25-14-17-7-3-2-4-8-17;1-14-13-28-20-9-8-15(11-19(20)24-14)21(25)17-6-2-3-7-18(17)22(26)23-12-16-5-4-10-27-16;1-12-11-25-18-9-6-13(10-17(18)21-12)19(23)15-4-2-3-5-16(15)20(24)22-14-7-8-14/h2-13,26H,1,14-15H2,(H,25,28);2-11,24H,1,12-13H2,(H,23,26);2-6,9-10,14,21H,1,7-8,11H2,(H,22,24). The molecule has 3 amide bonds. The van der Waals surface area contributed by atoms with Crippen molar-refractivity contribution in [1.82, 2.24) is 16.0 Å². The molecule has 0 unspecified atom stereocenters. The van der Waals surface area contributed by atoms with Crippen LogP contribution < -0.4 is 46.1 Å². The Bertz CT molecular complexity index is 3810. The number of hydrogen-bond acceptors (Lipinski definition) is 13. The smallest absolute Gasteiger partial charge is 0.252 e. The second kappa shape index (κ2) is 24.9. The molecule has 4 heterocycles. The van der Waals surface area contributed by atoms with E-state index in [1.54, 1.807) is 146 Å². The Hall–Kier alpha value is -10.7. The van der Waals surface area contributed by atoms with E-state index < -0.39 is 0 Å². The lowest BCUT2D eigenvalue weighted by molar-refractivity contribution is 0.0934. The van der Waals surface area contributed by atoms with Crippen molar-refractivity contribution in [3.05, 3.63) is 274 Å². The first-order chi connectivity index (χ1) is 39.8. The lowest BCUT2D eigenvalue weighted by Crippen LogP contribution is -2.27. The quantitative estimate of drug-likeness (QED) is 0.0560. The Morgan fingerprint density at radius 3 is 1.20 bits per heavy atom. The third-order valence-electron chi connectivity index (χ3n) is 13.3. The van der Waals surface area contributed by atoms with Gasteiger partial charge in [-0.1, -0.05) is 105 Å². The third kappa shape index (κ3) is 13.2. The van der Waals surface area contributed by atoms with Crippen LogP contribution in [-0.2, 0) is 13.1 Å². The molecule has 16 nitrogen and oxygen atoms in total. The SMILES string of the molecule is C=C1COc2ccc(C(=O)c3ccccc3C(=O)NC3CC3)cc2N1.C=C1COc2ccc(C(=O)c3ccccc3C(=O)NCc3ccccc3)cc2N1.C=C1COc2ccc(C(=O)c3ccccc3C(=O)NCc3ccco3)cc2N1. The summed E-state index contributed by atoms with van der Waals surface area (Å²) in [6.45, 7) is 13.4. The van der Waals surface area contributed by atoms with Crippen molar-refractivity contribution in [1.29, 1.82) is 0 Å². The predicted octanol–water partition coefficient (Wildman–Crippen LogP) is 11.1. The number of rotatable bonds is 14. The summed E-state index contributed by atoms with van der Waals surface area (Å²) < 4.78 is 21.9. The van der Waals surface area contributed by atoms with Crippen molar-refractivity contribution in [2.75, 3.05) is 35.8 Å². The first-order valence-corrected chi connectivity index (χ1v) is 26.3. The number of ether oxygens (including phenoxy) is 3. The van der Waals surface area contributed by atoms with Crippen LogP contribution in [0, 0.1) is 0 Å². The van der Waals surface area contributed by atoms with Crippen LogP contribution in [0.1, 0.15) is 103 Å². The molecule has 6 N–H and O–H groups in total. The van der Waals surface area contributed by atoms with E-state index in [4.69, 9.17) is 18.6 Å². The van der Waals surface area contributed by atoms with E-state index in [1.807, 2.05) is 30.3 Å². The summed E-state index contributed by atoms with van der Waals surface area (Å²) in [5.74, 6) is 1.17. The molecule has 82 heavy (non-hydrogen) atoms. The highest BCUT2D eigenvalue weighted by molar-refractivity contribution is 6.17. The van der Waals surface area contributed by atoms with Gasteiger partial charge in [0.25, 0.3) is 17.7 Å². The first-order valence-electron chi connectivity index (χ1n) is 26.3. The van der Waals surface area contributed by atoms with Crippen LogP contribution in [0.5, 0.6) is 17.2 Å². The fraction of sp³-hybridized carbons (Fsp3) is 0.121. The number of hydrogen-bond donors (Lipinski definition) is 6. The van der Waals surface area contributed by atoms with E-state index in [1.165, 1.54) is 0 Å². The average molecular weight is 1090 g/mol. The van der Waals surface area contributed by atoms with Gasteiger partial charge in [-0.3, -0.25) is 28.8 Å². The number of carbonyl (C=O) groups excluding carboxylic acids is 6. The molecule has 0 saturated heterocycles. The van der Waals surface area contributed by atoms with Crippen molar-refractivity contribution in [2.45, 2.75) is 32.0 Å². The van der Waals surface area contributed by atoms with E-state index in [-0.39, 0.29) is 47.7 Å². The van der Waals surface area contributed by atoms with Gasteiger partial charge in [0.15, 0.2) is 17.3 Å². The predicted molar refractivity (Wildman–Crippen MR) is 312 cm³/mol. The molecule has 0 radical (unpaired) electrons. The molecule has 16 heteroatoms. The monoisotopic (exact) mass is 1090 g/mol. The van der Waals surface area contributed by atoms with Gasteiger partial charge in [-0.15, -0.1) is 0 Å². The van der Waals surface area contributed by atoms with Crippen LogP contribution in [0.3, 0.4) is 0 Å². The van der Waals surface area contributed by atoms with Crippen LogP contribution in [-0.4, -0.2) is 60.9 Å². The maximum absolute atomic E-state index is 13.1. The van der Waals surface area contributed by atoms with Gasteiger partial charge in [0, 0.05) is 63.1 Å². The Morgan fingerprint density at radius 2 is 0.805 bits per heavy atom. The Kier molecular flexibility index (Phi) is 16.6. The zero-order valence-corrected chi connectivity index (χ0v) is 44.5. The van der Waals surface area contributed by atoms with Crippen molar-refractivity contribution in [3.8, 4) is 17.2 Å². The van der Waals surface area contributed by atoms with Crippen molar-refractivity contribution in [3.63, 3.8) is 0 Å². The van der Waals surface area contributed by atoms with Crippen molar-refractivity contribution >= 4 is 52.1 Å². The van der Waals surface area contributed by atoms with E-state index >= 15 is 0 Å². The Morgan fingerprint density at radius 1 is 0.427 bits per heavy atom. The second-order valence-corrected chi connectivity index (χ2v) is 19.5. The molecule has 1 saturated carbocycles. The van der Waals surface area contributed by atoms with Gasteiger partial charge in [-0.05, 0) is 103 Å². The molecular formula is C66H56N6O10. The van der Waals surface area contributed by atoms with E-state index in [9.17, 15) is 28.8 Å². The summed E-state index contributed by atoms with van der Waals surface area (Å²) in [7, 11) is 0. The summed E-state index contributed by atoms with van der Waals surface area (Å²) in [6, 6.07) is 49.4. The maximum atomic E-state index is 13.1. The highest BCUT2D eigenvalue weighted by Gasteiger charge is 2.27. The van der Waals surface area contributed by atoms with Gasteiger partial charge < -0.3 is 50.5 Å². The molecule has 1 aromatic heterocycles. The number of amides is 3.